The van der Waals surface area contributed by atoms with Gasteiger partial charge < -0.3 is 5.32 Å². The van der Waals surface area contributed by atoms with Gasteiger partial charge in [-0.25, -0.2) is 0 Å². The van der Waals surface area contributed by atoms with E-state index >= 15 is 0 Å². The molecule has 0 atom stereocenters. The van der Waals surface area contributed by atoms with E-state index in [9.17, 15) is 0 Å². The molecule has 1 nitrogen and oxygen atoms in total. The van der Waals surface area contributed by atoms with Gasteiger partial charge in [-0.1, -0.05) is 51.4 Å². The van der Waals surface area contributed by atoms with E-state index in [2.05, 4.69) is 11.7 Å². The van der Waals surface area contributed by atoms with Crippen molar-refractivity contribution >= 4 is 0 Å². The zero-order valence-electron chi connectivity index (χ0n) is 9.56. The summed E-state index contributed by atoms with van der Waals surface area (Å²) in [6.07, 6.45) is 16.5. The fraction of sp³-hybridized carbons (Fsp3) is 0.923. The zero-order chi connectivity index (χ0) is 9.90. The van der Waals surface area contributed by atoms with E-state index in [0.29, 0.717) is 0 Å². The van der Waals surface area contributed by atoms with Crippen LogP contribution in [0.3, 0.4) is 0 Å². The molecule has 1 heterocycles. The second kappa shape index (κ2) is 9.51. The fourth-order valence-electron chi connectivity index (χ4n) is 2.05. The second-order valence-electron chi connectivity index (χ2n) is 4.44. The topological polar surface area (TPSA) is 12.0 Å². The molecule has 1 saturated heterocycles. The predicted molar refractivity (Wildman–Crippen MR) is 63.3 cm³/mol. The van der Waals surface area contributed by atoms with Crippen LogP contribution in [0.5, 0.6) is 0 Å². The van der Waals surface area contributed by atoms with Crippen LogP contribution in [0.1, 0.15) is 64.2 Å². The number of hydrogen-bond donors (Lipinski definition) is 1. The van der Waals surface area contributed by atoms with Gasteiger partial charge in [-0.15, -0.1) is 0 Å². The van der Waals surface area contributed by atoms with Crippen molar-refractivity contribution in [3.05, 3.63) is 6.42 Å². The zero-order valence-corrected chi connectivity index (χ0v) is 9.56. The average Bonchev–Trinajstić information content (AvgIpc) is 2.22. The highest BCUT2D eigenvalue weighted by Crippen LogP contribution is 2.10. The van der Waals surface area contributed by atoms with E-state index in [0.717, 1.165) is 0 Å². The predicted octanol–water partition coefficient (Wildman–Crippen LogP) is 3.69. The maximum Gasteiger partial charge on any atom is -0.00489 e. The van der Waals surface area contributed by atoms with Crippen molar-refractivity contribution in [1.82, 2.24) is 5.32 Å². The molecule has 1 radical (unpaired) electrons. The summed E-state index contributed by atoms with van der Waals surface area (Å²) in [6, 6.07) is 0. The lowest BCUT2D eigenvalue weighted by Crippen LogP contribution is -2.16. The van der Waals surface area contributed by atoms with E-state index in [4.69, 9.17) is 0 Å². The Hall–Kier alpha value is -0.0400. The molecule has 1 rings (SSSR count). The monoisotopic (exact) mass is 196 g/mol. The molecule has 1 aliphatic heterocycles. The molecule has 0 amide bonds. The molecule has 0 aromatic carbocycles. The van der Waals surface area contributed by atoms with Crippen molar-refractivity contribution in [2.75, 3.05) is 13.1 Å². The van der Waals surface area contributed by atoms with E-state index < -0.39 is 0 Å². The summed E-state index contributed by atoms with van der Waals surface area (Å²) in [5.74, 6) is 0. The van der Waals surface area contributed by atoms with Crippen molar-refractivity contribution in [1.29, 1.82) is 0 Å². The SMILES string of the molecule is [CH]1CCCCCCCNCCCCC1. The Morgan fingerprint density at radius 2 is 1.07 bits per heavy atom. The van der Waals surface area contributed by atoms with Gasteiger partial charge in [0.2, 0.25) is 0 Å². The van der Waals surface area contributed by atoms with E-state index in [1.165, 1.54) is 77.3 Å². The third kappa shape index (κ3) is 7.37. The minimum absolute atomic E-state index is 1.24. The fourth-order valence-corrected chi connectivity index (χ4v) is 2.05. The van der Waals surface area contributed by atoms with Gasteiger partial charge in [0.05, 0.1) is 0 Å². The molecular weight excluding hydrogens is 170 g/mol. The van der Waals surface area contributed by atoms with Crippen LogP contribution in [0.25, 0.3) is 0 Å². The maximum atomic E-state index is 3.53. The van der Waals surface area contributed by atoms with E-state index in [1.807, 2.05) is 0 Å². The molecule has 0 aromatic rings. The minimum atomic E-state index is 1.24. The van der Waals surface area contributed by atoms with E-state index in [1.54, 1.807) is 0 Å². The standard InChI is InChI=1S/C13H26N/c1-2-4-6-8-10-12-14-13-11-9-7-5-3-1/h2,14H,1,3-13H2. The summed E-state index contributed by atoms with van der Waals surface area (Å²) >= 11 is 0. The molecule has 1 aliphatic rings. The summed E-state index contributed by atoms with van der Waals surface area (Å²) in [6.45, 7) is 2.48. The van der Waals surface area contributed by atoms with Crippen molar-refractivity contribution in [2.45, 2.75) is 64.2 Å². The maximum absolute atomic E-state index is 3.53. The molecule has 1 fully saturated rings. The first kappa shape index (κ1) is 12.0. The highest BCUT2D eigenvalue weighted by Gasteiger charge is 1.95. The molecule has 0 saturated carbocycles. The van der Waals surface area contributed by atoms with Crippen LogP contribution in [0.15, 0.2) is 0 Å². The summed E-state index contributed by atoms with van der Waals surface area (Å²) in [4.78, 5) is 0. The van der Waals surface area contributed by atoms with Crippen LogP contribution in [0.4, 0.5) is 0 Å². The minimum Gasteiger partial charge on any atom is -0.317 e. The summed E-state index contributed by atoms with van der Waals surface area (Å²) < 4.78 is 0. The van der Waals surface area contributed by atoms with E-state index in [-0.39, 0.29) is 0 Å². The van der Waals surface area contributed by atoms with Crippen molar-refractivity contribution < 1.29 is 0 Å². The molecule has 0 bridgehead atoms. The van der Waals surface area contributed by atoms with Gasteiger partial charge in [-0.3, -0.25) is 0 Å². The highest BCUT2D eigenvalue weighted by molar-refractivity contribution is 4.65. The molecule has 0 aromatic heterocycles. The van der Waals surface area contributed by atoms with Crippen molar-refractivity contribution in [2.24, 2.45) is 0 Å². The molecule has 1 heteroatoms. The lowest BCUT2D eigenvalue weighted by atomic mass is 10.1. The Bertz CT molecular complexity index is 58.5. The van der Waals surface area contributed by atoms with Gasteiger partial charge in [0, 0.05) is 0 Å². The van der Waals surface area contributed by atoms with Crippen LogP contribution in [-0.2, 0) is 0 Å². The summed E-state index contributed by atoms with van der Waals surface area (Å²) in [5, 5.41) is 3.53. The first-order valence-electron chi connectivity index (χ1n) is 6.52. The third-order valence-electron chi connectivity index (χ3n) is 3.02. The molecule has 83 valence electrons. The largest absolute Gasteiger partial charge is 0.317 e. The molecule has 0 unspecified atom stereocenters. The third-order valence-corrected chi connectivity index (χ3v) is 3.02. The lowest BCUT2D eigenvalue weighted by molar-refractivity contribution is 0.540. The number of rotatable bonds is 0. The molecule has 0 spiro atoms. The van der Waals surface area contributed by atoms with Gasteiger partial charge in [0.25, 0.3) is 0 Å². The lowest BCUT2D eigenvalue weighted by Gasteiger charge is -2.07. The normalized spacial score (nSPS) is 24.0. The van der Waals surface area contributed by atoms with Crippen LogP contribution in [0, 0.1) is 6.42 Å². The molecule has 14 heavy (non-hydrogen) atoms. The highest BCUT2D eigenvalue weighted by atomic mass is 14.8. The first-order valence-corrected chi connectivity index (χ1v) is 6.52. The Morgan fingerprint density at radius 3 is 1.79 bits per heavy atom. The van der Waals surface area contributed by atoms with Crippen molar-refractivity contribution in [3.63, 3.8) is 0 Å². The Balaban J connectivity index is 2.00. The number of hydrogen-bond acceptors (Lipinski definition) is 1. The smallest absolute Gasteiger partial charge is 0.00489 e. The van der Waals surface area contributed by atoms with Crippen LogP contribution < -0.4 is 5.32 Å². The van der Waals surface area contributed by atoms with Crippen LogP contribution in [0.2, 0.25) is 0 Å². The van der Waals surface area contributed by atoms with Gasteiger partial charge in [0.15, 0.2) is 0 Å². The molecular formula is C13H26N. The number of nitrogens with one attached hydrogen (secondary N) is 1. The summed E-state index contributed by atoms with van der Waals surface area (Å²) in [5.41, 5.74) is 0. The summed E-state index contributed by atoms with van der Waals surface area (Å²) in [7, 11) is 0. The van der Waals surface area contributed by atoms with Crippen LogP contribution >= 0.6 is 0 Å². The van der Waals surface area contributed by atoms with Crippen LogP contribution in [-0.4, -0.2) is 13.1 Å². The van der Waals surface area contributed by atoms with Gasteiger partial charge in [-0.2, -0.15) is 0 Å². The average molecular weight is 196 g/mol. The Morgan fingerprint density at radius 1 is 0.571 bits per heavy atom. The second-order valence-corrected chi connectivity index (χ2v) is 4.44. The molecule has 1 N–H and O–H groups in total. The Labute approximate surface area is 89.7 Å². The Kier molecular flexibility index (Phi) is 8.18. The van der Waals surface area contributed by atoms with Gasteiger partial charge in [-0.05, 0) is 32.4 Å². The quantitative estimate of drug-likeness (QED) is 0.623. The van der Waals surface area contributed by atoms with Gasteiger partial charge in [0.1, 0.15) is 0 Å². The molecule has 0 aliphatic carbocycles. The van der Waals surface area contributed by atoms with Crippen molar-refractivity contribution in [3.8, 4) is 0 Å². The van der Waals surface area contributed by atoms with Gasteiger partial charge >= 0.3 is 0 Å². The first-order chi connectivity index (χ1) is 7.00.